The Balaban J connectivity index is 1.84. The Hall–Kier alpha value is -2.30. The maximum absolute atomic E-state index is 12.1. The summed E-state index contributed by atoms with van der Waals surface area (Å²) in [5.41, 5.74) is 10.1. The van der Waals surface area contributed by atoms with Gasteiger partial charge in [-0.05, 0) is 45.4 Å². The van der Waals surface area contributed by atoms with Gasteiger partial charge in [0.1, 0.15) is 0 Å². The molecule has 2 aromatic rings. The molecule has 2 rings (SSSR count). The Bertz CT molecular complexity index is 646. The van der Waals surface area contributed by atoms with Gasteiger partial charge in [0.15, 0.2) is 0 Å². The van der Waals surface area contributed by atoms with Crippen LogP contribution >= 0.6 is 0 Å². The summed E-state index contributed by atoms with van der Waals surface area (Å²) in [6, 6.07) is 7.52. The molecule has 0 fully saturated rings. The molecule has 5 nitrogen and oxygen atoms in total. The molecule has 1 aromatic carbocycles. The zero-order chi connectivity index (χ0) is 15.4. The molecule has 21 heavy (non-hydrogen) atoms. The van der Waals surface area contributed by atoms with E-state index in [1.807, 2.05) is 43.7 Å². The number of carbonyl (C=O) groups excluding carboxylic acids is 1. The van der Waals surface area contributed by atoms with Crippen molar-refractivity contribution in [1.82, 2.24) is 15.1 Å². The number of benzene rings is 1. The number of aromatic nitrogens is 2. The molecule has 1 amide bonds. The van der Waals surface area contributed by atoms with Crippen LogP contribution in [0.3, 0.4) is 0 Å². The summed E-state index contributed by atoms with van der Waals surface area (Å²) in [5.74, 6) is -0.121. The molecular weight excluding hydrogens is 264 g/mol. The maximum atomic E-state index is 12.1. The molecule has 0 aliphatic carbocycles. The summed E-state index contributed by atoms with van der Waals surface area (Å²) in [7, 11) is 0. The van der Waals surface area contributed by atoms with E-state index in [-0.39, 0.29) is 5.91 Å². The number of nitrogens with one attached hydrogen (secondary N) is 1. The minimum atomic E-state index is -0.121. The lowest BCUT2D eigenvalue weighted by molar-refractivity contribution is 0.0953. The van der Waals surface area contributed by atoms with Crippen LogP contribution in [-0.2, 0) is 6.54 Å². The van der Waals surface area contributed by atoms with Gasteiger partial charge in [0, 0.05) is 24.5 Å². The molecule has 0 atom stereocenters. The molecule has 0 radical (unpaired) electrons. The lowest BCUT2D eigenvalue weighted by Gasteiger charge is -2.09. The second kappa shape index (κ2) is 6.43. The number of nitrogens with zero attached hydrogens (tertiary/aromatic N) is 2. The predicted octanol–water partition coefficient (Wildman–Crippen LogP) is 2.21. The van der Waals surface area contributed by atoms with Crippen LogP contribution in [0.5, 0.6) is 0 Å². The Labute approximate surface area is 125 Å². The van der Waals surface area contributed by atoms with Gasteiger partial charge in [0.25, 0.3) is 5.91 Å². The van der Waals surface area contributed by atoms with Crippen molar-refractivity contribution in [3.63, 3.8) is 0 Å². The van der Waals surface area contributed by atoms with E-state index in [1.54, 1.807) is 6.07 Å². The van der Waals surface area contributed by atoms with Crippen LogP contribution in [0.4, 0.5) is 5.69 Å². The molecule has 0 aliphatic heterocycles. The summed E-state index contributed by atoms with van der Waals surface area (Å²) in [6.07, 6.45) is 0.833. The van der Waals surface area contributed by atoms with Crippen molar-refractivity contribution in [1.29, 1.82) is 0 Å². The number of rotatable bonds is 5. The fraction of sp³-hybridized carbons (Fsp3) is 0.375. The number of carbonyl (C=O) groups is 1. The van der Waals surface area contributed by atoms with Gasteiger partial charge < -0.3 is 11.1 Å². The predicted molar refractivity (Wildman–Crippen MR) is 84.2 cm³/mol. The Morgan fingerprint density at radius 1 is 1.29 bits per heavy atom. The van der Waals surface area contributed by atoms with Gasteiger partial charge >= 0.3 is 0 Å². The molecule has 3 N–H and O–H groups in total. The molecule has 0 aliphatic rings. The van der Waals surface area contributed by atoms with E-state index in [2.05, 4.69) is 10.4 Å². The fourth-order valence-corrected chi connectivity index (χ4v) is 2.29. The van der Waals surface area contributed by atoms with Crippen molar-refractivity contribution in [2.75, 3.05) is 12.3 Å². The first-order valence-electron chi connectivity index (χ1n) is 7.13. The number of nitrogens with two attached hydrogens (primary N) is 1. The van der Waals surface area contributed by atoms with Gasteiger partial charge in [-0.15, -0.1) is 0 Å². The number of hydrogen-bond acceptors (Lipinski definition) is 3. The van der Waals surface area contributed by atoms with Crippen molar-refractivity contribution >= 4 is 11.6 Å². The Morgan fingerprint density at radius 3 is 2.71 bits per heavy atom. The first kappa shape index (κ1) is 15.1. The largest absolute Gasteiger partial charge is 0.398 e. The van der Waals surface area contributed by atoms with Crippen LogP contribution in [0.15, 0.2) is 24.3 Å². The SMILES string of the molecule is Cc1ccc(N)c(C(=O)NCCCn2nc(C)cc2C)c1. The number of nitrogen functional groups attached to an aromatic ring is 1. The van der Waals surface area contributed by atoms with Gasteiger partial charge in [0.05, 0.1) is 11.3 Å². The minimum Gasteiger partial charge on any atom is -0.398 e. The number of amides is 1. The van der Waals surface area contributed by atoms with Gasteiger partial charge in [-0.3, -0.25) is 9.48 Å². The van der Waals surface area contributed by atoms with E-state index in [0.717, 1.165) is 29.9 Å². The second-order valence-electron chi connectivity index (χ2n) is 5.35. The average Bonchev–Trinajstić information content (AvgIpc) is 2.75. The molecule has 1 aromatic heterocycles. The van der Waals surface area contributed by atoms with Crippen molar-refractivity contribution in [2.24, 2.45) is 0 Å². The molecule has 0 bridgehead atoms. The lowest BCUT2D eigenvalue weighted by atomic mass is 10.1. The van der Waals surface area contributed by atoms with Crippen LogP contribution < -0.4 is 11.1 Å². The highest BCUT2D eigenvalue weighted by atomic mass is 16.1. The first-order valence-corrected chi connectivity index (χ1v) is 7.13. The minimum absolute atomic E-state index is 0.121. The average molecular weight is 286 g/mol. The molecule has 0 spiro atoms. The van der Waals surface area contributed by atoms with E-state index in [4.69, 9.17) is 5.73 Å². The fourth-order valence-electron chi connectivity index (χ4n) is 2.29. The monoisotopic (exact) mass is 286 g/mol. The maximum Gasteiger partial charge on any atom is 0.253 e. The zero-order valence-corrected chi connectivity index (χ0v) is 12.8. The van der Waals surface area contributed by atoms with Crippen LogP contribution in [-0.4, -0.2) is 22.2 Å². The molecule has 0 saturated heterocycles. The zero-order valence-electron chi connectivity index (χ0n) is 12.8. The smallest absolute Gasteiger partial charge is 0.253 e. The van der Waals surface area contributed by atoms with Crippen LogP contribution in [0.25, 0.3) is 0 Å². The number of anilines is 1. The van der Waals surface area contributed by atoms with Crippen molar-refractivity contribution in [3.8, 4) is 0 Å². The summed E-state index contributed by atoms with van der Waals surface area (Å²) in [6.45, 7) is 7.35. The molecule has 112 valence electrons. The normalized spacial score (nSPS) is 10.6. The van der Waals surface area contributed by atoms with Crippen LogP contribution in [0.1, 0.15) is 33.7 Å². The third-order valence-electron chi connectivity index (χ3n) is 3.39. The molecule has 0 unspecified atom stereocenters. The summed E-state index contributed by atoms with van der Waals surface area (Å²) in [5, 5.41) is 7.30. The standard InChI is InChI=1S/C16H22N4O/c1-11-5-6-15(17)14(9-11)16(21)18-7-4-8-20-13(3)10-12(2)19-20/h5-6,9-10H,4,7-8,17H2,1-3H3,(H,18,21). The third kappa shape index (κ3) is 3.84. The molecule has 1 heterocycles. The van der Waals surface area contributed by atoms with E-state index in [1.165, 1.54) is 0 Å². The van der Waals surface area contributed by atoms with Crippen molar-refractivity contribution in [2.45, 2.75) is 33.7 Å². The highest BCUT2D eigenvalue weighted by Crippen LogP contribution is 2.13. The van der Waals surface area contributed by atoms with E-state index in [9.17, 15) is 4.79 Å². The number of aryl methyl sites for hydroxylation is 4. The van der Waals surface area contributed by atoms with Crippen molar-refractivity contribution in [3.05, 3.63) is 46.8 Å². The van der Waals surface area contributed by atoms with E-state index >= 15 is 0 Å². The molecule has 0 saturated carbocycles. The van der Waals surface area contributed by atoms with Gasteiger partial charge in [0.2, 0.25) is 0 Å². The van der Waals surface area contributed by atoms with Crippen LogP contribution in [0, 0.1) is 20.8 Å². The summed E-state index contributed by atoms with van der Waals surface area (Å²) < 4.78 is 1.96. The van der Waals surface area contributed by atoms with Crippen LogP contribution in [0.2, 0.25) is 0 Å². The molecule has 5 heteroatoms. The Morgan fingerprint density at radius 2 is 2.05 bits per heavy atom. The lowest BCUT2D eigenvalue weighted by Crippen LogP contribution is -2.26. The van der Waals surface area contributed by atoms with Gasteiger partial charge in [-0.1, -0.05) is 11.6 Å². The second-order valence-corrected chi connectivity index (χ2v) is 5.35. The topological polar surface area (TPSA) is 72.9 Å². The Kier molecular flexibility index (Phi) is 4.62. The number of hydrogen-bond donors (Lipinski definition) is 2. The van der Waals surface area contributed by atoms with Gasteiger partial charge in [-0.2, -0.15) is 5.10 Å². The van der Waals surface area contributed by atoms with Gasteiger partial charge in [-0.25, -0.2) is 0 Å². The highest BCUT2D eigenvalue weighted by molar-refractivity contribution is 5.99. The summed E-state index contributed by atoms with van der Waals surface area (Å²) in [4.78, 5) is 12.1. The quantitative estimate of drug-likeness (QED) is 0.654. The van der Waals surface area contributed by atoms with Crippen molar-refractivity contribution < 1.29 is 4.79 Å². The highest BCUT2D eigenvalue weighted by Gasteiger charge is 2.09. The third-order valence-corrected chi connectivity index (χ3v) is 3.39. The van der Waals surface area contributed by atoms with E-state index < -0.39 is 0 Å². The summed E-state index contributed by atoms with van der Waals surface area (Å²) >= 11 is 0. The molecular formula is C16H22N4O. The van der Waals surface area contributed by atoms with E-state index in [0.29, 0.717) is 17.8 Å². The first-order chi connectivity index (χ1) is 9.97.